The van der Waals surface area contributed by atoms with E-state index in [0.29, 0.717) is 23.7 Å². The average molecular weight is 471 g/mol. The molecule has 6 aliphatic rings. The van der Waals surface area contributed by atoms with Crippen LogP contribution in [-0.2, 0) is 0 Å². The van der Waals surface area contributed by atoms with Crippen LogP contribution >= 0.6 is 0 Å². The van der Waals surface area contributed by atoms with E-state index >= 15 is 0 Å². The Bertz CT molecular complexity index is 593. The Morgan fingerprint density at radius 2 is 0.765 bits per heavy atom. The average Bonchev–Trinajstić information content (AvgIpc) is 3.40. The summed E-state index contributed by atoms with van der Waals surface area (Å²) in [6, 6.07) is 0. The van der Waals surface area contributed by atoms with Gasteiger partial charge in [-0.25, -0.2) is 0 Å². The van der Waals surface area contributed by atoms with E-state index < -0.39 is 0 Å². The lowest BCUT2D eigenvalue weighted by molar-refractivity contribution is 0.0256. The molecule has 6 saturated carbocycles. The zero-order chi connectivity index (χ0) is 23.1. The van der Waals surface area contributed by atoms with Crippen molar-refractivity contribution in [2.75, 3.05) is 0 Å². The van der Waals surface area contributed by atoms with Crippen LogP contribution in [0.1, 0.15) is 128 Å². The van der Waals surface area contributed by atoms with Crippen molar-refractivity contribution in [3.05, 3.63) is 0 Å². The van der Waals surface area contributed by atoms with E-state index in [4.69, 9.17) is 0 Å². The zero-order valence-electron chi connectivity index (χ0n) is 22.0. The SMILES string of the molecule is OC1C(CCC2CC3C(C4CCCCC4)CCCC3C2O)CC2C(C3CCCCC3)CCCC12. The van der Waals surface area contributed by atoms with Crippen LogP contribution in [0.5, 0.6) is 0 Å². The number of hydrogen-bond donors (Lipinski definition) is 2. The molecule has 2 nitrogen and oxygen atoms in total. The molecular weight excluding hydrogens is 416 g/mol. The summed E-state index contributed by atoms with van der Waals surface area (Å²) in [5.41, 5.74) is 0. The van der Waals surface area contributed by atoms with Crippen LogP contribution in [0.15, 0.2) is 0 Å². The van der Waals surface area contributed by atoms with Crippen molar-refractivity contribution in [2.45, 2.75) is 141 Å². The summed E-state index contributed by atoms with van der Waals surface area (Å²) in [4.78, 5) is 0. The second-order valence-corrected chi connectivity index (χ2v) is 14.2. The quantitative estimate of drug-likeness (QED) is 0.431. The largest absolute Gasteiger partial charge is 0.393 e. The third-order valence-electron chi connectivity index (χ3n) is 12.8. The second-order valence-electron chi connectivity index (χ2n) is 14.2. The van der Waals surface area contributed by atoms with Crippen molar-refractivity contribution in [1.82, 2.24) is 0 Å². The Hall–Kier alpha value is -0.0800. The molecule has 194 valence electrons. The van der Waals surface area contributed by atoms with Gasteiger partial charge < -0.3 is 10.2 Å². The van der Waals surface area contributed by atoms with Gasteiger partial charge in [0.15, 0.2) is 0 Å². The molecule has 0 aromatic carbocycles. The first kappa shape index (κ1) is 24.3. The van der Waals surface area contributed by atoms with E-state index in [1.165, 1.54) is 128 Å². The maximum absolute atomic E-state index is 11.4. The molecule has 0 heterocycles. The molecule has 6 fully saturated rings. The first-order valence-electron chi connectivity index (χ1n) is 16.1. The maximum atomic E-state index is 11.4. The maximum Gasteiger partial charge on any atom is 0.0599 e. The fraction of sp³-hybridized carbons (Fsp3) is 1.00. The van der Waals surface area contributed by atoms with Crippen molar-refractivity contribution in [1.29, 1.82) is 0 Å². The first-order chi connectivity index (χ1) is 16.7. The van der Waals surface area contributed by atoms with E-state index in [2.05, 4.69) is 0 Å². The molecule has 0 radical (unpaired) electrons. The topological polar surface area (TPSA) is 40.5 Å². The number of aliphatic hydroxyl groups excluding tert-OH is 2. The second kappa shape index (κ2) is 10.7. The van der Waals surface area contributed by atoms with Gasteiger partial charge in [-0.2, -0.15) is 0 Å². The Labute approximate surface area is 210 Å². The van der Waals surface area contributed by atoms with Crippen LogP contribution < -0.4 is 0 Å². The summed E-state index contributed by atoms with van der Waals surface area (Å²) in [5, 5.41) is 22.8. The third kappa shape index (κ3) is 4.66. The van der Waals surface area contributed by atoms with Gasteiger partial charge in [0.2, 0.25) is 0 Å². The molecule has 10 atom stereocenters. The molecule has 6 aliphatic carbocycles. The van der Waals surface area contributed by atoms with E-state index in [1.54, 1.807) is 0 Å². The van der Waals surface area contributed by atoms with Crippen LogP contribution in [0.3, 0.4) is 0 Å². The van der Waals surface area contributed by atoms with Crippen molar-refractivity contribution < 1.29 is 10.2 Å². The highest BCUT2D eigenvalue weighted by molar-refractivity contribution is 5.01. The molecule has 34 heavy (non-hydrogen) atoms. The Kier molecular flexibility index (Phi) is 7.66. The van der Waals surface area contributed by atoms with Gasteiger partial charge >= 0.3 is 0 Å². The number of fused-ring (bicyclic) bond motifs is 2. The van der Waals surface area contributed by atoms with Crippen molar-refractivity contribution in [3.63, 3.8) is 0 Å². The lowest BCUT2D eigenvalue weighted by Crippen LogP contribution is -2.34. The van der Waals surface area contributed by atoms with Gasteiger partial charge in [0, 0.05) is 0 Å². The standard InChI is InChI=1S/C32H54O2/c33-31-23(19-29-25(13-7-15-27(29)31)21-9-3-1-4-10-21)17-18-24-20-30-26(22-11-5-2-6-12-22)14-8-16-28(30)32(24)34/h21-34H,1-20H2. The summed E-state index contributed by atoms with van der Waals surface area (Å²) in [6.45, 7) is 0. The fourth-order valence-electron chi connectivity index (χ4n) is 11.2. The minimum absolute atomic E-state index is 0.0489. The molecular formula is C32H54O2. The normalized spacial score (nSPS) is 48.5. The highest BCUT2D eigenvalue weighted by Crippen LogP contribution is 2.56. The summed E-state index contributed by atoms with van der Waals surface area (Å²) >= 11 is 0. The molecule has 0 bridgehead atoms. The van der Waals surface area contributed by atoms with Crippen LogP contribution in [-0.4, -0.2) is 22.4 Å². The summed E-state index contributed by atoms with van der Waals surface area (Å²) in [7, 11) is 0. The van der Waals surface area contributed by atoms with Gasteiger partial charge in [0.25, 0.3) is 0 Å². The smallest absolute Gasteiger partial charge is 0.0599 e. The van der Waals surface area contributed by atoms with Crippen molar-refractivity contribution >= 4 is 0 Å². The first-order valence-corrected chi connectivity index (χ1v) is 16.1. The van der Waals surface area contributed by atoms with Crippen LogP contribution in [0.4, 0.5) is 0 Å². The number of aliphatic hydroxyl groups is 2. The van der Waals surface area contributed by atoms with Crippen molar-refractivity contribution in [3.8, 4) is 0 Å². The van der Waals surface area contributed by atoms with E-state index in [-0.39, 0.29) is 12.2 Å². The van der Waals surface area contributed by atoms with Gasteiger partial charge in [0.05, 0.1) is 12.2 Å². The Morgan fingerprint density at radius 3 is 1.18 bits per heavy atom. The van der Waals surface area contributed by atoms with Gasteiger partial charge in [-0.15, -0.1) is 0 Å². The highest BCUT2D eigenvalue weighted by Gasteiger charge is 2.51. The van der Waals surface area contributed by atoms with E-state index in [0.717, 1.165) is 35.5 Å². The number of hydrogen-bond acceptors (Lipinski definition) is 2. The molecule has 2 N–H and O–H groups in total. The predicted molar refractivity (Wildman–Crippen MR) is 139 cm³/mol. The third-order valence-corrected chi connectivity index (χ3v) is 12.8. The van der Waals surface area contributed by atoms with Crippen LogP contribution in [0.25, 0.3) is 0 Å². The fourth-order valence-corrected chi connectivity index (χ4v) is 11.2. The molecule has 0 spiro atoms. The minimum Gasteiger partial charge on any atom is -0.393 e. The molecule has 0 saturated heterocycles. The van der Waals surface area contributed by atoms with E-state index in [1.807, 2.05) is 0 Å². The van der Waals surface area contributed by atoms with E-state index in [9.17, 15) is 10.2 Å². The molecule has 0 aromatic rings. The molecule has 2 heteroatoms. The zero-order valence-corrected chi connectivity index (χ0v) is 22.0. The lowest BCUT2D eigenvalue weighted by Gasteiger charge is -2.41. The summed E-state index contributed by atoms with van der Waals surface area (Å²) in [5.74, 6) is 7.59. The molecule has 6 rings (SSSR count). The highest BCUT2D eigenvalue weighted by atomic mass is 16.3. The van der Waals surface area contributed by atoms with Gasteiger partial charge in [-0.1, -0.05) is 77.0 Å². The van der Waals surface area contributed by atoms with Gasteiger partial charge in [-0.05, 0) is 111 Å². The number of rotatable bonds is 5. The molecule has 10 unspecified atom stereocenters. The van der Waals surface area contributed by atoms with Crippen molar-refractivity contribution in [2.24, 2.45) is 59.2 Å². The summed E-state index contributed by atoms with van der Waals surface area (Å²) < 4.78 is 0. The molecule has 0 amide bonds. The Balaban J connectivity index is 1.06. The van der Waals surface area contributed by atoms with Gasteiger partial charge in [0.1, 0.15) is 0 Å². The molecule has 0 aliphatic heterocycles. The van der Waals surface area contributed by atoms with Crippen LogP contribution in [0.2, 0.25) is 0 Å². The van der Waals surface area contributed by atoms with Crippen LogP contribution in [0, 0.1) is 59.2 Å². The Morgan fingerprint density at radius 1 is 0.382 bits per heavy atom. The summed E-state index contributed by atoms with van der Waals surface area (Å²) in [6.07, 6.45) is 27.6. The minimum atomic E-state index is -0.0489. The monoisotopic (exact) mass is 470 g/mol. The predicted octanol–water partition coefficient (Wildman–Crippen LogP) is 7.75. The lowest BCUT2D eigenvalue weighted by atomic mass is 9.65. The van der Waals surface area contributed by atoms with Gasteiger partial charge in [-0.3, -0.25) is 0 Å². The molecule has 0 aromatic heterocycles.